The molecule has 0 bridgehead atoms. The third-order valence-electron chi connectivity index (χ3n) is 2.30. The van der Waals surface area contributed by atoms with Gasteiger partial charge in [0.15, 0.2) is 0 Å². The Hall–Kier alpha value is -0.490. The maximum atomic E-state index is 12.0. The van der Waals surface area contributed by atoms with Crippen molar-refractivity contribution in [1.82, 2.24) is 4.72 Å². The standard InChI is InChI=1S/C11H16Cl2N2O2S/c1-7(2)3-4-15-18(16,17)11-9(12)5-8(14)6-10(11)13/h5-7,15H,3-4,14H2,1-2H3. The first-order valence-electron chi connectivity index (χ1n) is 5.48. The Bertz CT molecular complexity index is 507. The van der Waals surface area contributed by atoms with Crippen molar-refractivity contribution in [3.8, 4) is 0 Å². The Labute approximate surface area is 118 Å². The molecule has 0 atom stereocenters. The van der Waals surface area contributed by atoms with Crippen LogP contribution in [0.15, 0.2) is 17.0 Å². The number of nitrogens with one attached hydrogen (secondary N) is 1. The summed E-state index contributed by atoms with van der Waals surface area (Å²) >= 11 is 11.8. The molecule has 0 fully saturated rings. The summed E-state index contributed by atoms with van der Waals surface area (Å²) in [5.41, 5.74) is 5.85. The van der Waals surface area contributed by atoms with Crippen LogP contribution in [0.4, 0.5) is 5.69 Å². The zero-order valence-corrected chi connectivity index (χ0v) is 12.5. The fourth-order valence-corrected chi connectivity index (χ4v) is 3.67. The molecule has 0 heterocycles. The van der Waals surface area contributed by atoms with Crippen molar-refractivity contribution >= 4 is 38.9 Å². The predicted octanol–water partition coefficient (Wildman–Crippen LogP) is 2.90. The van der Waals surface area contributed by atoms with Gasteiger partial charge in [0.05, 0.1) is 10.0 Å². The zero-order valence-electron chi connectivity index (χ0n) is 10.2. The van der Waals surface area contributed by atoms with Crippen molar-refractivity contribution in [1.29, 1.82) is 0 Å². The highest BCUT2D eigenvalue weighted by atomic mass is 35.5. The zero-order chi connectivity index (χ0) is 13.9. The van der Waals surface area contributed by atoms with E-state index < -0.39 is 10.0 Å². The van der Waals surface area contributed by atoms with Crippen LogP contribution < -0.4 is 10.5 Å². The molecule has 1 aromatic carbocycles. The minimum Gasteiger partial charge on any atom is -0.399 e. The van der Waals surface area contributed by atoms with Crippen molar-refractivity contribution in [2.24, 2.45) is 5.92 Å². The Balaban J connectivity index is 2.99. The highest BCUT2D eigenvalue weighted by molar-refractivity contribution is 7.89. The van der Waals surface area contributed by atoms with Crippen molar-refractivity contribution in [3.63, 3.8) is 0 Å². The normalized spacial score (nSPS) is 12.1. The molecule has 0 saturated heterocycles. The number of hydrogen-bond donors (Lipinski definition) is 2. The van der Waals surface area contributed by atoms with E-state index in [1.807, 2.05) is 13.8 Å². The van der Waals surface area contributed by atoms with Crippen LogP contribution >= 0.6 is 23.2 Å². The van der Waals surface area contributed by atoms with Crippen LogP contribution in [0.3, 0.4) is 0 Å². The highest BCUT2D eigenvalue weighted by Gasteiger charge is 2.21. The van der Waals surface area contributed by atoms with Crippen LogP contribution in [0.2, 0.25) is 10.0 Å². The van der Waals surface area contributed by atoms with Crippen LogP contribution in [0.1, 0.15) is 20.3 Å². The number of halogens is 2. The SMILES string of the molecule is CC(C)CCNS(=O)(=O)c1c(Cl)cc(N)cc1Cl. The molecule has 0 radical (unpaired) electrons. The van der Waals surface area contributed by atoms with E-state index in [2.05, 4.69) is 4.72 Å². The summed E-state index contributed by atoms with van der Waals surface area (Å²) in [4.78, 5) is -0.121. The molecule has 7 heteroatoms. The maximum absolute atomic E-state index is 12.0. The summed E-state index contributed by atoms with van der Waals surface area (Å²) in [6, 6.07) is 2.73. The second-order valence-corrected chi connectivity index (χ2v) is 6.91. The first-order chi connectivity index (χ1) is 8.24. The summed E-state index contributed by atoms with van der Waals surface area (Å²) in [6.07, 6.45) is 0.740. The predicted molar refractivity (Wildman–Crippen MR) is 75.5 cm³/mol. The molecule has 0 aliphatic carbocycles. The maximum Gasteiger partial charge on any atom is 0.243 e. The number of nitrogens with two attached hydrogens (primary N) is 1. The average molecular weight is 311 g/mol. The van der Waals surface area contributed by atoms with Gasteiger partial charge < -0.3 is 5.73 Å². The fraction of sp³-hybridized carbons (Fsp3) is 0.455. The van der Waals surface area contributed by atoms with Gasteiger partial charge in [0.2, 0.25) is 10.0 Å². The number of nitrogen functional groups attached to an aromatic ring is 1. The van der Waals surface area contributed by atoms with Gasteiger partial charge in [-0.2, -0.15) is 0 Å². The minimum absolute atomic E-state index is 0.0250. The van der Waals surface area contributed by atoms with E-state index in [4.69, 9.17) is 28.9 Å². The molecule has 0 aromatic heterocycles. The van der Waals surface area contributed by atoms with Crippen LogP contribution in [-0.2, 0) is 10.0 Å². The summed E-state index contributed by atoms with van der Waals surface area (Å²) in [6.45, 7) is 4.37. The molecule has 1 aromatic rings. The van der Waals surface area contributed by atoms with Gasteiger partial charge in [-0.1, -0.05) is 37.0 Å². The molecule has 3 N–H and O–H groups in total. The molecule has 0 aliphatic heterocycles. The second kappa shape index (κ2) is 6.10. The number of benzene rings is 1. The van der Waals surface area contributed by atoms with Crippen molar-refractivity contribution in [3.05, 3.63) is 22.2 Å². The molecule has 0 aliphatic rings. The highest BCUT2D eigenvalue weighted by Crippen LogP contribution is 2.31. The lowest BCUT2D eigenvalue weighted by Crippen LogP contribution is -2.26. The van der Waals surface area contributed by atoms with Gasteiger partial charge in [0, 0.05) is 12.2 Å². The first-order valence-corrected chi connectivity index (χ1v) is 7.72. The van der Waals surface area contributed by atoms with Gasteiger partial charge in [0.25, 0.3) is 0 Å². The average Bonchev–Trinajstić information content (AvgIpc) is 2.13. The van der Waals surface area contributed by atoms with Gasteiger partial charge in [-0.3, -0.25) is 0 Å². The lowest BCUT2D eigenvalue weighted by atomic mass is 10.1. The molecule has 0 spiro atoms. The van der Waals surface area contributed by atoms with E-state index in [1.54, 1.807) is 0 Å². The largest absolute Gasteiger partial charge is 0.399 e. The lowest BCUT2D eigenvalue weighted by molar-refractivity contribution is 0.551. The molecule has 1 rings (SSSR count). The van der Waals surface area contributed by atoms with Crippen LogP contribution in [0.25, 0.3) is 0 Å². The Morgan fingerprint density at radius 2 is 1.78 bits per heavy atom. The minimum atomic E-state index is -3.70. The molecule has 102 valence electrons. The fourth-order valence-electron chi connectivity index (χ4n) is 1.39. The third kappa shape index (κ3) is 4.02. The van der Waals surface area contributed by atoms with Gasteiger partial charge in [0.1, 0.15) is 4.90 Å². The van der Waals surface area contributed by atoms with Crippen LogP contribution in [0, 0.1) is 5.92 Å². The van der Waals surface area contributed by atoms with Crippen molar-refractivity contribution in [2.45, 2.75) is 25.2 Å². The van der Waals surface area contributed by atoms with Gasteiger partial charge in [-0.25, -0.2) is 13.1 Å². The number of sulfonamides is 1. The lowest BCUT2D eigenvalue weighted by Gasteiger charge is -2.11. The Morgan fingerprint density at radius 3 is 2.22 bits per heavy atom. The molecule has 4 nitrogen and oxygen atoms in total. The monoisotopic (exact) mass is 310 g/mol. The molecule has 0 unspecified atom stereocenters. The summed E-state index contributed by atoms with van der Waals surface area (Å²) in [7, 11) is -3.70. The summed E-state index contributed by atoms with van der Waals surface area (Å²) in [5.74, 6) is 0.407. The molecule has 0 saturated carbocycles. The van der Waals surface area contributed by atoms with E-state index in [9.17, 15) is 8.42 Å². The molecule has 0 amide bonds. The van der Waals surface area contributed by atoms with E-state index in [-0.39, 0.29) is 14.9 Å². The third-order valence-corrected chi connectivity index (χ3v) is 4.68. The quantitative estimate of drug-likeness (QED) is 0.821. The number of anilines is 1. The smallest absolute Gasteiger partial charge is 0.243 e. The molecular weight excluding hydrogens is 295 g/mol. The van der Waals surface area contributed by atoms with E-state index in [1.165, 1.54) is 12.1 Å². The summed E-state index contributed by atoms with van der Waals surface area (Å²) in [5, 5.41) is 0.0501. The Morgan fingerprint density at radius 1 is 1.28 bits per heavy atom. The molecule has 18 heavy (non-hydrogen) atoms. The Kier molecular flexibility index (Phi) is 5.28. The summed E-state index contributed by atoms with van der Waals surface area (Å²) < 4.78 is 26.6. The van der Waals surface area contributed by atoms with Crippen molar-refractivity contribution < 1.29 is 8.42 Å². The number of rotatable bonds is 5. The second-order valence-electron chi connectivity index (χ2n) is 4.39. The van der Waals surface area contributed by atoms with Gasteiger partial charge in [-0.15, -0.1) is 0 Å². The van der Waals surface area contributed by atoms with E-state index in [0.29, 0.717) is 18.2 Å². The van der Waals surface area contributed by atoms with Crippen molar-refractivity contribution in [2.75, 3.05) is 12.3 Å². The number of hydrogen-bond acceptors (Lipinski definition) is 3. The van der Waals surface area contributed by atoms with Gasteiger partial charge >= 0.3 is 0 Å². The van der Waals surface area contributed by atoms with Crippen LogP contribution in [0.5, 0.6) is 0 Å². The first kappa shape index (κ1) is 15.6. The van der Waals surface area contributed by atoms with E-state index >= 15 is 0 Å². The van der Waals surface area contributed by atoms with E-state index in [0.717, 1.165) is 6.42 Å². The van der Waals surface area contributed by atoms with Gasteiger partial charge in [-0.05, 0) is 24.5 Å². The van der Waals surface area contributed by atoms with Crippen LogP contribution in [-0.4, -0.2) is 15.0 Å². The topological polar surface area (TPSA) is 72.2 Å². The molecular formula is C11H16Cl2N2O2S.